The Labute approximate surface area is 108 Å². The molecule has 0 saturated carbocycles. The van der Waals surface area contributed by atoms with Crippen LogP contribution in [0.4, 0.5) is 0 Å². The number of fused-ring (bicyclic) bond motifs is 3. The summed E-state index contributed by atoms with van der Waals surface area (Å²) in [5, 5.41) is 9.84. The molecule has 1 aromatic rings. The SMILES string of the molecule is CCCC1CCO[C@H]2c3cccc(O)c3OC[C@H]12. The maximum absolute atomic E-state index is 9.84. The first-order chi connectivity index (χ1) is 8.81. The van der Waals surface area contributed by atoms with E-state index in [2.05, 4.69) is 6.92 Å². The average molecular weight is 248 g/mol. The van der Waals surface area contributed by atoms with Crippen molar-refractivity contribution in [3.63, 3.8) is 0 Å². The largest absolute Gasteiger partial charge is 0.504 e. The normalized spacial score (nSPS) is 30.2. The molecular weight excluding hydrogens is 228 g/mol. The molecule has 0 amide bonds. The van der Waals surface area contributed by atoms with Crippen LogP contribution >= 0.6 is 0 Å². The summed E-state index contributed by atoms with van der Waals surface area (Å²) in [5.74, 6) is 1.97. The summed E-state index contributed by atoms with van der Waals surface area (Å²) in [7, 11) is 0. The lowest BCUT2D eigenvalue weighted by Crippen LogP contribution is -2.37. The zero-order valence-corrected chi connectivity index (χ0v) is 10.8. The first kappa shape index (κ1) is 11.8. The van der Waals surface area contributed by atoms with E-state index in [4.69, 9.17) is 9.47 Å². The average Bonchev–Trinajstić information content (AvgIpc) is 2.40. The van der Waals surface area contributed by atoms with Gasteiger partial charge in [0, 0.05) is 18.1 Å². The van der Waals surface area contributed by atoms with Crippen LogP contribution in [0.1, 0.15) is 37.9 Å². The summed E-state index contributed by atoms with van der Waals surface area (Å²) in [6, 6.07) is 5.55. The van der Waals surface area contributed by atoms with E-state index in [1.54, 1.807) is 6.07 Å². The molecule has 0 spiro atoms. The first-order valence-corrected chi connectivity index (χ1v) is 6.87. The number of rotatable bonds is 2. The van der Waals surface area contributed by atoms with E-state index in [-0.39, 0.29) is 11.9 Å². The third-order valence-corrected chi connectivity index (χ3v) is 4.19. The molecule has 98 valence electrons. The third kappa shape index (κ3) is 1.87. The standard InChI is InChI=1S/C15H20O3/c1-2-4-10-7-8-17-14-11-5-3-6-13(16)15(11)18-9-12(10)14/h3,5-6,10,12,14,16H,2,4,7-9H2,1H3/t10?,12-,14+/m1/s1. The Kier molecular flexibility index (Phi) is 3.16. The maximum atomic E-state index is 9.84. The van der Waals surface area contributed by atoms with Gasteiger partial charge in [-0.2, -0.15) is 0 Å². The quantitative estimate of drug-likeness (QED) is 0.873. The summed E-state index contributed by atoms with van der Waals surface area (Å²) in [6.45, 7) is 3.72. The van der Waals surface area contributed by atoms with Crippen molar-refractivity contribution >= 4 is 0 Å². The molecule has 3 atom stereocenters. The Morgan fingerprint density at radius 2 is 2.28 bits per heavy atom. The Bertz CT molecular complexity index is 428. The lowest BCUT2D eigenvalue weighted by molar-refractivity contribution is -0.0874. The van der Waals surface area contributed by atoms with Crippen LogP contribution in [0.25, 0.3) is 0 Å². The molecule has 1 N–H and O–H groups in total. The van der Waals surface area contributed by atoms with Crippen molar-refractivity contribution in [2.24, 2.45) is 11.8 Å². The van der Waals surface area contributed by atoms with Crippen molar-refractivity contribution in [2.45, 2.75) is 32.3 Å². The minimum atomic E-state index is 0.103. The van der Waals surface area contributed by atoms with Crippen LogP contribution in [0.5, 0.6) is 11.5 Å². The molecule has 0 radical (unpaired) electrons. The number of hydrogen-bond donors (Lipinski definition) is 1. The number of benzene rings is 1. The molecule has 2 heterocycles. The van der Waals surface area contributed by atoms with Crippen LogP contribution in [0.3, 0.4) is 0 Å². The van der Waals surface area contributed by atoms with Crippen molar-refractivity contribution in [1.82, 2.24) is 0 Å². The van der Waals surface area contributed by atoms with Gasteiger partial charge >= 0.3 is 0 Å². The van der Waals surface area contributed by atoms with E-state index >= 15 is 0 Å². The van der Waals surface area contributed by atoms with Crippen molar-refractivity contribution < 1.29 is 14.6 Å². The highest BCUT2D eigenvalue weighted by Gasteiger charge is 2.40. The molecule has 0 aromatic heterocycles. The minimum Gasteiger partial charge on any atom is -0.504 e. The van der Waals surface area contributed by atoms with Crippen molar-refractivity contribution in [1.29, 1.82) is 0 Å². The van der Waals surface area contributed by atoms with Crippen LogP contribution in [0.2, 0.25) is 0 Å². The first-order valence-electron chi connectivity index (χ1n) is 6.87. The zero-order chi connectivity index (χ0) is 12.5. The Balaban J connectivity index is 1.92. The van der Waals surface area contributed by atoms with Gasteiger partial charge in [-0.25, -0.2) is 0 Å². The fourth-order valence-electron chi connectivity index (χ4n) is 3.31. The summed E-state index contributed by atoms with van der Waals surface area (Å²) in [6.07, 6.45) is 3.68. The van der Waals surface area contributed by atoms with Gasteiger partial charge in [0.05, 0.1) is 12.7 Å². The molecule has 3 heteroatoms. The highest BCUT2D eigenvalue weighted by Crippen LogP contribution is 2.48. The molecule has 1 unspecified atom stereocenters. The van der Waals surface area contributed by atoms with Gasteiger partial charge in [0.1, 0.15) is 0 Å². The van der Waals surface area contributed by atoms with Crippen LogP contribution in [0, 0.1) is 11.8 Å². The molecule has 1 fully saturated rings. The fraction of sp³-hybridized carbons (Fsp3) is 0.600. The second-order valence-corrected chi connectivity index (χ2v) is 5.30. The summed E-state index contributed by atoms with van der Waals surface area (Å²) < 4.78 is 11.7. The van der Waals surface area contributed by atoms with E-state index < -0.39 is 0 Å². The van der Waals surface area contributed by atoms with Crippen molar-refractivity contribution in [2.75, 3.05) is 13.2 Å². The van der Waals surface area contributed by atoms with Gasteiger partial charge < -0.3 is 14.6 Å². The van der Waals surface area contributed by atoms with Crippen LogP contribution < -0.4 is 4.74 Å². The van der Waals surface area contributed by atoms with E-state index in [1.807, 2.05) is 12.1 Å². The molecule has 3 rings (SSSR count). The van der Waals surface area contributed by atoms with Gasteiger partial charge in [0.2, 0.25) is 0 Å². The molecule has 0 aliphatic carbocycles. The fourth-order valence-corrected chi connectivity index (χ4v) is 3.31. The summed E-state index contributed by atoms with van der Waals surface area (Å²) >= 11 is 0. The molecule has 0 bridgehead atoms. The summed E-state index contributed by atoms with van der Waals surface area (Å²) in [5.41, 5.74) is 1.02. The highest BCUT2D eigenvalue weighted by molar-refractivity contribution is 5.48. The second-order valence-electron chi connectivity index (χ2n) is 5.30. The number of hydrogen-bond acceptors (Lipinski definition) is 3. The number of para-hydroxylation sites is 1. The number of ether oxygens (including phenoxy) is 2. The van der Waals surface area contributed by atoms with E-state index in [0.717, 1.165) is 18.6 Å². The number of aromatic hydroxyl groups is 1. The number of phenolic OH excluding ortho intramolecular Hbond substituents is 1. The van der Waals surface area contributed by atoms with Gasteiger partial charge in [0.25, 0.3) is 0 Å². The second kappa shape index (κ2) is 4.81. The molecule has 2 aliphatic heterocycles. The van der Waals surface area contributed by atoms with Crippen LogP contribution in [-0.4, -0.2) is 18.3 Å². The van der Waals surface area contributed by atoms with E-state index in [1.165, 1.54) is 12.8 Å². The summed E-state index contributed by atoms with van der Waals surface area (Å²) in [4.78, 5) is 0. The molecule has 1 aromatic carbocycles. The topological polar surface area (TPSA) is 38.7 Å². The Morgan fingerprint density at radius 1 is 1.39 bits per heavy atom. The van der Waals surface area contributed by atoms with Crippen molar-refractivity contribution in [3.8, 4) is 11.5 Å². The molecule has 18 heavy (non-hydrogen) atoms. The predicted octanol–water partition coefficient (Wildman–Crippen LogP) is 3.28. The maximum Gasteiger partial charge on any atom is 0.166 e. The van der Waals surface area contributed by atoms with Gasteiger partial charge in [-0.1, -0.05) is 31.9 Å². The lowest BCUT2D eigenvalue weighted by atomic mass is 9.77. The molecule has 3 nitrogen and oxygen atoms in total. The number of phenols is 1. The van der Waals surface area contributed by atoms with Crippen molar-refractivity contribution in [3.05, 3.63) is 23.8 Å². The van der Waals surface area contributed by atoms with Gasteiger partial charge in [0.15, 0.2) is 11.5 Å². The van der Waals surface area contributed by atoms with Crippen LogP contribution in [-0.2, 0) is 4.74 Å². The smallest absolute Gasteiger partial charge is 0.166 e. The zero-order valence-electron chi connectivity index (χ0n) is 10.8. The highest BCUT2D eigenvalue weighted by atomic mass is 16.5. The van der Waals surface area contributed by atoms with Crippen LogP contribution in [0.15, 0.2) is 18.2 Å². The third-order valence-electron chi connectivity index (χ3n) is 4.19. The van der Waals surface area contributed by atoms with Gasteiger partial charge in [-0.05, 0) is 18.4 Å². The predicted molar refractivity (Wildman–Crippen MR) is 68.8 cm³/mol. The lowest BCUT2D eigenvalue weighted by Gasteiger charge is -2.41. The molecule has 2 aliphatic rings. The molecule has 1 saturated heterocycles. The Morgan fingerprint density at radius 3 is 3.11 bits per heavy atom. The van der Waals surface area contributed by atoms with E-state index in [9.17, 15) is 5.11 Å². The molecular formula is C15H20O3. The van der Waals surface area contributed by atoms with E-state index in [0.29, 0.717) is 24.2 Å². The Hall–Kier alpha value is -1.22. The minimum absolute atomic E-state index is 0.103. The van der Waals surface area contributed by atoms with Gasteiger partial charge in [-0.3, -0.25) is 0 Å². The van der Waals surface area contributed by atoms with Gasteiger partial charge in [-0.15, -0.1) is 0 Å². The monoisotopic (exact) mass is 248 g/mol.